The van der Waals surface area contributed by atoms with Crippen LogP contribution >= 0.6 is 0 Å². The molecule has 106 valence electrons. The molecule has 0 saturated heterocycles. The zero-order valence-corrected chi connectivity index (χ0v) is 11.5. The number of fused-ring (bicyclic) bond motifs is 1. The molecule has 5 nitrogen and oxygen atoms in total. The highest BCUT2D eigenvalue weighted by Gasteiger charge is 2.20. The summed E-state index contributed by atoms with van der Waals surface area (Å²) in [5.41, 5.74) is 3.30. The molecule has 1 aromatic heterocycles. The highest BCUT2D eigenvalue weighted by molar-refractivity contribution is 5.78. The van der Waals surface area contributed by atoms with Crippen LogP contribution in [0.1, 0.15) is 44.6 Å². The largest absolute Gasteiger partial charge is 0.294 e. The first kappa shape index (κ1) is 13.1. The van der Waals surface area contributed by atoms with Gasteiger partial charge in [0.1, 0.15) is 0 Å². The van der Waals surface area contributed by atoms with Gasteiger partial charge in [0.15, 0.2) is 0 Å². The topological polar surface area (TPSA) is 72.9 Å². The van der Waals surface area contributed by atoms with Gasteiger partial charge in [-0.3, -0.25) is 14.8 Å². The van der Waals surface area contributed by atoms with Crippen LogP contribution in [0.25, 0.3) is 10.9 Å². The Hall–Kier alpha value is -1.88. The summed E-state index contributed by atoms with van der Waals surface area (Å²) < 4.78 is 1.76. The predicted molar refractivity (Wildman–Crippen MR) is 80.6 cm³/mol. The molecule has 0 unspecified atom stereocenters. The minimum Gasteiger partial charge on any atom is -0.294 e. The summed E-state index contributed by atoms with van der Waals surface area (Å²) in [6, 6.07) is 7.63. The Labute approximate surface area is 117 Å². The molecular weight excluding hydrogens is 252 g/mol. The average Bonchev–Trinajstić information content (AvgIpc) is 2.76. The lowest BCUT2D eigenvalue weighted by Gasteiger charge is -2.21. The molecule has 1 fully saturated rings. The number of nitrogens with zero attached hydrogens (tertiary/aromatic N) is 2. The van der Waals surface area contributed by atoms with E-state index in [0.717, 1.165) is 25.7 Å². The molecule has 0 radical (unpaired) electrons. The molecule has 1 heterocycles. The minimum atomic E-state index is 0.00968. The third-order valence-electron chi connectivity index (χ3n) is 4.13. The maximum Gasteiger partial charge on any atom is 0.263 e. The van der Waals surface area contributed by atoms with Crippen LogP contribution in [0.15, 0.2) is 29.1 Å². The maximum atomic E-state index is 12.7. The van der Waals surface area contributed by atoms with Gasteiger partial charge in [0.2, 0.25) is 5.95 Å². The molecule has 0 spiro atoms. The second-order valence-corrected chi connectivity index (χ2v) is 5.42. The normalized spacial score (nSPS) is 17.1. The van der Waals surface area contributed by atoms with E-state index in [0.29, 0.717) is 16.9 Å². The van der Waals surface area contributed by atoms with E-state index in [4.69, 9.17) is 5.84 Å². The fourth-order valence-electron chi connectivity index (χ4n) is 3.10. The standard InChI is InChI=1S/C15H20N4O/c16-18-15-17-13-10-6-5-9-12(13)14(20)19(15)11-7-3-1-2-4-8-11/h5-6,9-11H,1-4,7-8,16H2,(H,17,18). The lowest BCUT2D eigenvalue weighted by Crippen LogP contribution is -2.30. The Morgan fingerprint density at radius 1 is 1.15 bits per heavy atom. The van der Waals surface area contributed by atoms with Crippen LogP contribution in [0.4, 0.5) is 5.95 Å². The van der Waals surface area contributed by atoms with Crippen molar-refractivity contribution in [2.45, 2.75) is 44.6 Å². The Bertz CT molecular complexity index is 656. The van der Waals surface area contributed by atoms with Gasteiger partial charge in [0, 0.05) is 6.04 Å². The Morgan fingerprint density at radius 2 is 1.85 bits per heavy atom. The molecule has 2 aromatic rings. The summed E-state index contributed by atoms with van der Waals surface area (Å²) in [5.74, 6) is 6.06. The fraction of sp³-hybridized carbons (Fsp3) is 0.467. The van der Waals surface area contributed by atoms with E-state index in [1.807, 2.05) is 24.3 Å². The first-order chi connectivity index (χ1) is 9.81. The van der Waals surface area contributed by atoms with E-state index >= 15 is 0 Å². The molecule has 1 aliphatic carbocycles. The van der Waals surface area contributed by atoms with Gasteiger partial charge in [0.05, 0.1) is 10.9 Å². The van der Waals surface area contributed by atoms with Crippen molar-refractivity contribution in [3.63, 3.8) is 0 Å². The molecule has 5 heteroatoms. The highest BCUT2D eigenvalue weighted by atomic mass is 16.1. The summed E-state index contributed by atoms with van der Waals surface area (Å²) in [6.45, 7) is 0. The molecule has 0 aliphatic heterocycles. The number of nitrogens with one attached hydrogen (secondary N) is 1. The molecule has 0 amide bonds. The SMILES string of the molecule is NNc1nc2ccccc2c(=O)n1C1CCCCCC1. The van der Waals surface area contributed by atoms with Crippen molar-refractivity contribution >= 4 is 16.9 Å². The van der Waals surface area contributed by atoms with Crippen molar-refractivity contribution in [1.82, 2.24) is 9.55 Å². The number of hydrazine groups is 1. The van der Waals surface area contributed by atoms with Crippen molar-refractivity contribution in [3.05, 3.63) is 34.6 Å². The van der Waals surface area contributed by atoms with Crippen LogP contribution in [0.3, 0.4) is 0 Å². The summed E-state index contributed by atoms with van der Waals surface area (Å²) in [6.07, 6.45) is 6.86. The van der Waals surface area contributed by atoms with Crippen LogP contribution in [-0.2, 0) is 0 Å². The monoisotopic (exact) mass is 272 g/mol. The van der Waals surface area contributed by atoms with Crippen LogP contribution in [0.2, 0.25) is 0 Å². The van der Waals surface area contributed by atoms with Gasteiger partial charge in [-0.1, -0.05) is 37.8 Å². The second-order valence-electron chi connectivity index (χ2n) is 5.42. The molecule has 0 atom stereocenters. The third kappa shape index (κ3) is 2.29. The van der Waals surface area contributed by atoms with Gasteiger partial charge in [-0.2, -0.15) is 0 Å². The van der Waals surface area contributed by atoms with E-state index in [2.05, 4.69) is 10.4 Å². The number of aromatic nitrogens is 2. The van der Waals surface area contributed by atoms with Crippen molar-refractivity contribution in [1.29, 1.82) is 0 Å². The van der Waals surface area contributed by atoms with Crippen molar-refractivity contribution in [2.75, 3.05) is 5.43 Å². The number of benzene rings is 1. The number of nitrogen functional groups attached to an aromatic ring is 1. The summed E-state index contributed by atoms with van der Waals surface area (Å²) in [5, 5.41) is 0.663. The van der Waals surface area contributed by atoms with Gasteiger partial charge in [-0.25, -0.2) is 10.8 Å². The van der Waals surface area contributed by atoms with E-state index in [-0.39, 0.29) is 11.6 Å². The third-order valence-corrected chi connectivity index (χ3v) is 4.13. The molecule has 0 bridgehead atoms. The molecule has 1 aliphatic rings. The number of anilines is 1. The van der Waals surface area contributed by atoms with Crippen molar-refractivity contribution < 1.29 is 0 Å². The van der Waals surface area contributed by atoms with Gasteiger partial charge >= 0.3 is 0 Å². The van der Waals surface area contributed by atoms with Crippen molar-refractivity contribution in [3.8, 4) is 0 Å². The van der Waals surface area contributed by atoms with Gasteiger partial charge in [-0.05, 0) is 25.0 Å². The van der Waals surface area contributed by atoms with Gasteiger partial charge < -0.3 is 0 Å². The quantitative estimate of drug-likeness (QED) is 0.500. The average molecular weight is 272 g/mol. The summed E-state index contributed by atoms with van der Waals surface area (Å²) in [7, 11) is 0. The number of rotatable bonds is 2. The molecular formula is C15H20N4O. The van der Waals surface area contributed by atoms with Crippen LogP contribution in [-0.4, -0.2) is 9.55 Å². The number of para-hydroxylation sites is 1. The van der Waals surface area contributed by atoms with Crippen LogP contribution < -0.4 is 16.8 Å². The van der Waals surface area contributed by atoms with E-state index in [1.165, 1.54) is 12.8 Å². The molecule has 1 saturated carbocycles. The Morgan fingerprint density at radius 3 is 2.55 bits per heavy atom. The minimum absolute atomic E-state index is 0.00968. The lowest BCUT2D eigenvalue weighted by atomic mass is 10.1. The van der Waals surface area contributed by atoms with Crippen molar-refractivity contribution in [2.24, 2.45) is 5.84 Å². The first-order valence-corrected chi connectivity index (χ1v) is 7.29. The highest BCUT2D eigenvalue weighted by Crippen LogP contribution is 2.28. The zero-order valence-electron chi connectivity index (χ0n) is 11.5. The van der Waals surface area contributed by atoms with Crippen LogP contribution in [0, 0.1) is 0 Å². The first-order valence-electron chi connectivity index (χ1n) is 7.29. The van der Waals surface area contributed by atoms with E-state index < -0.39 is 0 Å². The van der Waals surface area contributed by atoms with E-state index in [9.17, 15) is 4.79 Å². The Balaban J connectivity index is 2.17. The lowest BCUT2D eigenvalue weighted by molar-refractivity contribution is 0.435. The fourth-order valence-corrected chi connectivity index (χ4v) is 3.10. The van der Waals surface area contributed by atoms with Gasteiger partial charge in [-0.15, -0.1) is 0 Å². The molecule has 20 heavy (non-hydrogen) atoms. The molecule has 3 N–H and O–H groups in total. The van der Waals surface area contributed by atoms with E-state index in [1.54, 1.807) is 4.57 Å². The summed E-state index contributed by atoms with van der Waals surface area (Å²) in [4.78, 5) is 17.2. The summed E-state index contributed by atoms with van der Waals surface area (Å²) >= 11 is 0. The molecule has 1 aromatic carbocycles. The molecule has 3 rings (SSSR count). The predicted octanol–water partition coefficient (Wildman–Crippen LogP) is 2.58. The number of hydrogen-bond donors (Lipinski definition) is 2. The maximum absolute atomic E-state index is 12.7. The van der Waals surface area contributed by atoms with Crippen LogP contribution in [0.5, 0.6) is 0 Å². The Kier molecular flexibility index (Phi) is 3.69. The number of hydrogen-bond acceptors (Lipinski definition) is 4. The number of nitrogens with two attached hydrogens (primary N) is 1. The second kappa shape index (κ2) is 5.63. The zero-order chi connectivity index (χ0) is 13.9. The van der Waals surface area contributed by atoms with Gasteiger partial charge in [0.25, 0.3) is 5.56 Å². The smallest absolute Gasteiger partial charge is 0.263 e.